The minimum atomic E-state index is 0.861. The molecule has 0 saturated carbocycles. The van der Waals surface area contributed by atoms with E-state index in [9.17, 15) is 0 Å². The zero-order valence-corrected chi connectivity index (χ0v) is 13.2. The van der Waals surface area contributed by atoms with Crippen LogP contribution in [0.2, 0.25) is 0 Å². The van der Waals surface area contributed by atoms with Crippen LogP contribution in [0.5, 0.6) is 0 Å². The summed E-state index contributed by atoms with van der Waals surface area (Å²) in [5, 5.41) is 3.48. The summed E-state index contributed by atoms with van der Waals surface area (Å²) in [4.78, 5) is 8.14. The third kappa shape index (κ3) is 3.53. The van der Waals surface area contributed by atoms with Crippen molar-refractivity contribution in [1.29, 1.82) is 0 Å². The van der Waals surface area contributed by atoms with Crippen LogP contribution in [-0.4, -0.2) is 85.7 Å². The Hall–Kier alpha value is -0.160. The van der Waals surface area contributed by atoms with Crippen molar-refractivity contribution in [2.75, 3.05) is 58.9 Å². The van der Waals surface area contributed by atoms with E-state index in [0.29, 0.717) is 0 Å². The average Bonchev–Trinajstić information content (AvgIpc) is 2.56. The maximum atomic E-state index is 3.48. The van der Waals surface area contributed by atoms with Crippen LogP contribution in [0.4, 0.5) is 0 Å². The molecule has 3 fully saturated rings. The standard InChI is InChI=1S/C16H32N4/c1-2-18-9-5-16(6-10-18)20-13-11-19(12-14-20)15-3-7-17-8-4-15/h15-17H,2-14H2,1H3. The summed E-state index contributed by atoms with van der Waals surface area (Å²) in [7, 11) is 0. The third-order valence-electron chi connectivity index (χ3n) is 5.69. The van der Waals surface area contributed by atoms with E-state index in [1.165, 1.54) is 84.6 Å². The molecule has 0 atom stereocenters. The van der Waals surface area contributed by atoms with Gasteiger partial charge < -0.3 is 10.2 Å². The van der Waals surface area contributed by atoms with E-state index in [2.05, 4.69) is 26.9 Å². The number of nitrogens with zero attached hydrogens (tertiary/aromatic N) is 3. The number of rotatable bonds is 3. The molecule has 3 rings (SSSR count). The molecule has 116 valence electrons. The summed E-state index contributed by atoms with van der Waals surface area (Å²) in [5.74, 6) is 0. The smallest absolute Gasteiger partial charge is 0.0121 e. The Bertz CT molecular complexity index is 274. The molecule has 20 heavy (non-hydrogen) atoms. The SMILES string of the molecule is CCN1CCC(N2CCN(C3CCNCC3)CC2)CC1. The van der Waals surface area contributed by atoms with E-state index >= 15 is 0 Å². The second kappa shape index (κ2) is 7.21. The lowest BCUT2D eigenvalue weighted by atomic mass is 10.0. The summed E-state index contributed by atoms with van der Waals surface area (Å²) in [6.45, 7) is 13.8. The second-order valence-electron chi connectivity index (χ2n) is 6.72. The van der Waals surface area contributed by atoms with Gasteiger partial charge in [0, 0.05) is 38.3 Å². The lowest BCUT2D eigenvalue weighted by Gasteiger charge is -2.45. The first-order valence-corrected chi connectivity index (χ1v) is 8.78. The number of piperazine rings is 1. The van der Waals surface area contributed by atoms with Crippen molar-refractivity contribution in [2.24, 2.45) is 0 Å². The molecule has 4 heteroatoms. The van der Waals surface area contributed by atoms with Gasteiger partial charge in [-0.1, -0.05) is 6.92 Å². The van der Waals surface area contributed by atoms with Gasteiger partial charge >= 0.3 is 0 Å². The zero-order valence-electron chi connectivity index (χ0n) is 13.2. The van der Waals surface area contributed by atoms with Crippen LogP contribution in [0.15, 0.2) is 0 Å². The molecule has 0 bridgehead atoms. The highest BCUT2D eigenvalue weighted by Gasteiger charge is 2.29. The molecule has 0 spiro atoms. The van der Waals surface area contributed by atoms with Crippen LogP contribution in [-0.2, 0) is 0 Å². The van der Waals surface area contributed by atoms with Crippen molar-refractivity contribution in [2.45, 2.75) is 44.7 Å². The van der Waals surface area contributed by atoms with Crippen molar-refractivity contribution < 1.29 is 0 Å². The molecule has 0 aromatic heterocycles. The van der Waals surface area contributed by atoms with E-state index in [4.69, 9.17) is 0 Å². The molecule has 0 aliphatic carbocycles. The van der Waals surface area contributed by atoms with E-state index in [-0.39, 0.29) is 0 Å². The molecule has 0 aromatic carbocycles. The van der Waals surface area contributed by atoms with Crippen LogP contribution in [0, 0.1) is 0 Å². The number of hydrogen-bond donors (Lipinski definition) is 1. The summed E-state index contributed by atoms with van der Waals surface area (Å²) in [5.41, 5.74) is 0. The Morgan fingerprint density at radius 2 is 1.25 bits per heavy atom. The fourth-order valence-corrected chi connectivity index (χ4v) is 4.24. The Balaban J connectivity index is 1.42. The molecule has 3 saturated heterocycles. The highest BCUT2D eigenvalue weighted by atomic mass is 15.3. The topological polar surface area (TPSA) is 21.8 Å². The Kier molecular flexibility index (Phi) is 5.32. The van der Waals surface area contributed by atoms with Gasteiger partial charge in [-0.2, -0.15) is 0 Å². The van der Waals surface area contributed by atoms with Gasteiger partial charge in [-0.25, -0.2) is 0 Å². The van der Waals surface area contributed by atoms with Gasteiger partial charge in [0.15, 0.2) is 0 Å². The molecule has 0 radical (unpaired) electrons. The molecule has 0 unspecified atom stereocenters. The predicted molar refractivity (Wildman–Crippen MR) is 84.2 cm³/mol. The lowest BCUT2D eigenvalue weighted by Crippen LogP contribution is -2.56. The van der Waals surface area contributed by atoms with Gasteiger partial charge in [-0.3, -0.25) is 9.80 Å². The molecule has 1 N–H and O–H groups in total. The Morgan fingerprint density at radius 3 is 1.75 bits per heavy atom. The van der Waals surface area contributed by atoms with Crippen LogP contribution in [0.1, 0.15) is 32.6 Å². The van der Waals surface area contributed by atoms with Crippen LogP contribution < -0.4 is 5.32 Å². The normalized spacial score (nSPS) is 29.9. The number of piperidine rings is 2. The predicted octanol–water partition coefficient (Wildman–Crippen LogP) is 0.840. The van der Waals surface area contributed by atoms with E-state index in [1.54, 1.807) is 0 Å². The minimum Gasteiger partial charge on any atom is -0.317 e. The first-order chi connectivity index (χ1) is 9.86. The van der Waals surface area contributed by atoms with Crippen molar-refractivity contribution in [3.63, 3.8) is 0 Å². The van der Waals surface area contributed by atoms with Gasteiger partial charge in [0.1, 0.15) is 0 Å². The first-order valence-electron chi connectivity index (χ1n) is 8.78. The molecule has 3 heterocycles. The molecule has 3 aliphatic rings. The molecule has 0 aromatic rings. The lowest BCUT2D eigenvalue weighted by molar-refractivity contribution is 0.0370. The van der Waals surface area contributed by atoms with Gasteiger partial charge in [-0.05, 0) is 58.4 Å². The average molecular weight is 280 g/mol. The van der Waals surface area contributed by atoms with Crippen LogP contribution in [0.3, 0.4) is 0 Å². The van der Waals surface area contributed by atoms with Gasteiger partial charge in [-0.15, -0.1) is 0 Å². The summed E-state index contributed by atoms with van der Waals surface area (Å²) in [6.07, 6.45) is 5.49. The van der Waals surface area contributed by atoms with Crippen molar-refractivity contribution in [3.8, 4) is 0 Å². The Labute approximate surface area is 124 Å². The fourth-order valence-electron chi connectivity index (χ4n) is 4.24. The summed E-state index contributed by atoms with van der Waals surface area (Å²) in [6, 6.07) is 1.73. The first kappa shape index (κ1) is 14.8. The largest absolute Gasteiger partial charge is 0.317 e. The third-order valence-corrected chi connectivity index (χ3v) is 5.69. The van der Waals surface area contributed by atoms with Gasteiger partial charge in [0.25, 0.3) is 0 Å². The molecule has 0 amide bonds. The zero-order chi connectivity index (χ0) is 13.8. The minimum absolute atomic E-state index is 0.861. The van der Waals surface area contributed by atoms with E-state index < -0.39 is 0 Å². The summed E-state index contributed by atoms with van der Waals surface area (Å²) < 4.78 is 0. The van der Waals surface area contributed by atoms with Crippen molar-refractivity contribution >= 4 is 0 Å². The number of likely N-dealkylation sites (tertiary alicyclic amines) is 1. The van der Waals surface area contributed by atoms with Crippen LogP contribution >= 0.6 is 0 Å². The van der Waals surface area contributed by atoms with Gasteiger partial charge in [0.05, 0.1) is 0 Å². The molecule has 3 aliphatic heterocycles. The Morgan fingerprint density at radius 1 is 0.750 bits per heavy atom. The highest BCUT2D eigenvalue weighted by molar-refractivity contribution is 4.86. The monoisotopic (exact) mass is 280 g/mol. The quantitative estimate of drug-likeness (QED) is 0.827. The van der Waals surface area contributed by atoms with Crippen molar-refractivity contribution in [1.82, 2.24) is 20.0 Å². The second-order valence-corrected chi connectivity index (χ2v) is 6.72. The van der Waals surface area contributed by atoms with E-state index in [1.807, 2.05) is 0 Å². The number of nitrogens with one attached hydrogen (secondary N) is 1. The molecule has 4 nitrogen and oxygen atoms in total. The number of hydrogen-bond acceptors (Lipinski definition) is 4. The maximum Gasteiger partial charge on any atom is 0.0121 e. The van der Waals surface area contributed by atoms with Crippen molar-refractivity contribution in [3.05, 3.63) is 0 Å². The fraction of sp³-hybridized carbons (Fsp3) is 1.00. The van der Waals surface area contributed by atoms with E-state index in [0.717, 1.165) is 12.1 Å². The summed E-state index contributed by atoms with van der Waals surface area (Å²) >= 11 is 0. The molecular formula is C16H32N4. The molecular weight excluding hydrogens is 248 g/mol. The van der Waals surface area contributed by atoms with Crippen LogP contribution in [0.25, 0.3) is 0 Å². The highest BCUT2D eigenvalue weighted by Crippen LogP contribution is 2.20. The maximum absolute atomic E-state index is 3.48. The van der Waals surface area contributed by atoms with Gasteiger partial charge in [0.2, 0.25) is 0 Å².